The molecule has 0 radical (unpaired) electrons. The summed E-state index contributed by atoms with van der Waals surface area (Å²) in [4.78, 5) is 27.2. The zero-order valence-electron chi connectivity index (χ0n) is 18.0. The Bertz CT molecular complexity index is 918. The number of halogens is 1. The Morgan fingerprint density at radius 1 is 1.16 bits per heavy atom. The highest BCUT2D eigenvalue weighted by atomic mass is 19.1. The summed E-state index contributed by atoms with van der Waals surface area (Å²) in [5, 5.41) is 2.86. The van der Waals surface area contributed by atoms with Gasteiger partial charge in [0.2, 0.25) is 18.6 Å². The fourth-order valence-corrected chi connectivity index (χ4v) is 3.42. The zero-order chi connectivity index (χ0) is 22.2. The molecule has 6 nitrogen and oxygen atoms in total. The number of fused-ring (bicyclic) bond motifs is 1. The molecule has 2 aromatic carbocycles. The minimum atomic E-state index is -0.708. The zero-order valence-corrected chi connectivity index (χ0v) is 18.0. The smallest absolute Gasteiger partial charge is 0.242 e. The van der Waals surface area contributed by atoms with Crippen molar-refractivity contribution in [2.24, 2.45) is 0 Å². The van der Waals surface area contributed by atoms with Crippen molar-refractivity contribution < 1.29 is 23.5 Å². The van der Waals surface area contributed by atoms with Crippen molar-refractivity contribution in [1.82, 2.24) is 10.2 Å². The number of benzene rings is 2. The fourth-order valence-electron chi connectivity index (χ4n) is 3.42. The van der Waals surface area contributed by atoms with Crippen LogP contribution in [0.2, 0.25) is 0 Å². The van der Waals surface area contributed by atoms with Gasteiger partial charge in [-0.15, -0.1) is 0 Å². The van der Waals surface area contributed by atoms with Gasteiger partial charge >= 0.3 is 0 Å². The number of amides is 2. The lowest BCUT2D eigenvalue weighted by Gasteiger charge is -2.29. The van der Waals surface area contributed by atoms with E-state index in [9.17, 15) is 14.0 Å². The molecule has 3 rings (SSSR count). The lowest BCUT2D eigenvalue weighted by Crippen LogP contribution is -2.48. The van der Waals surface area contributed by atoms with Crippen LogP contribution in [0.3, 0.4) is 0 Å². The Kier molecular flexibility index (Phi) is 7.87. The van der Waals surface area contributed by atoms with Crippen LogP contribution in [0.4, 0.5) is 4.39 Å². The summed E-state index contributed by atoms with van der Waals surface area (Å²) in [5.41, 5.74) is 1.32. The SMILES string of the molecule is CCCCNC(=O)C(C)N(Cc1ccccc1F)C(=O)CCc1ccc2c(c1)OCO2. The summed E-state index contributed by atoms with van der Waals surface area (Å²) in [6.45, 7) is 4.51. The van der Waals surface area contributed by atoms with Crippen LogP contribution < -0.4 is 14.8 Å². The van der Waals surface area contributed by atoms with Crippen molar-refractivity contribution in [3.63, 3.8) is 0 Å². The van der Waals surface area contributed by atoms with Crippen LogP contribution in [0, 0.1) is 5.82 Å². The molecular weight excluding hydrogens is 399 g/mol. The number of hydrogen-bond acceptors (Lipinski definition) is 4. The van der Waals surface area contributed by atoms with Gasteiger partial charge in [-0.1, -0.05) is 37.6 Å². The van der Waals surface area contributed by atoms with Crippen LogP contribution in [0.15, 0.2) is 42.5 Å². The highest BCUT2D eigenvalue weighted by Crippen LogP contribution is 2.32. The molecule has 1 atom stereocenters. The molecule has 166 valence electrons. The molecule has 0 saturated heterocycles. The Balaban J connectivity index is 1.70. The number of hydrogen-bond donors (Lipinski definition) is 1. The first kappa shape index (κ1) is 22.6. The van der Waals surface area contributed by atoms with E-state index >= 15 is 0 Å². The summed E-state index contributed by atoms with van der Waals surface area (Å²) in [5.74, 6) is 0.514. The van der Waals surface area contributed by atoms with Gasteiger partial charge in [-0.3, -0.25) is 9.59 Å². The molecule has 2 aromatic rings. The molecule has 2 amide bonds. The van der Waals surface area contributed by atoms with Gasteiger partial charge in [-0.05, 0) is 43.5 Å². The number of carbonyl (C=O) groups excluding carboxylic acids is 2. The van der Waals surface area contributed by atoms with Crippen molar-refractivity contribution >= 4 is 11.8 Å². The first-order chi connectivity index (χ1) is 15.0. The summed E-state index contributed by atoms with van der Waals surface area (Å²) < 4.78 is 24.9. The Morgan fingerprint density at radius 3 is 2.71 bits per heavy atom. The molecule has 0 saturated carbocycles. The number of nitrogens with one attached hydrogen (secondary N) is 1. The molecule has 1 aliphatic heterocycles. The monoisotopic (exact) mass is 428 g/mol. The van der Waals surface area contributed by atoms with E-state index in [2.05, 4.69) is 5.32 Å². The highest BCUT2D eigenvalue weighted by Gasteiger charge is 2.26. The number of ether oxygens (including phenoxy) is 2. The largest absolute Gasteiger partial charge is 0.454 e. The third-order valence-corrected chi connectivity index (χ3v) is 5.36. The Morgan fingerprint density at radius 2 is 1.94 bits per heavy atom. The van der Waals surface area contributed by atoms with Crippen LogP contribution in [0.25, 0.3) is 0 Å². The lowest BCUT2D eigenvalue weighted by atomic mass is 10.1. The topological polar surface area (TPSA) is 67.9 Å². The van der Waals surface area contributed by atoms with Crippen LogP contribution in [0.5, 0.6) is 11.5 Å². The van der Waals surface area contributed by atoms with E-state index in [4.69, 9.17) is 9.47 Å². The standard InChI is InChI=1S/C24H29FN2O4/c1-3-4-13-26-24(29)17(2)27(15-19-7-5-6-8-20(19)25)23(28)12-10-18-9-11-21-22(14-18)31-16-30-21/h5-9,11,14,17H,3-4,10,12-13,15-16H2,1-2H3,(H,26,29). The van der Waals surface area contributed by atoms with Crippen molar-refractivity contribution in [3.8, 4) is 11.5 Å². The molecule has 1 unspecified atom stereocenters. The first-order valence-electron chi connectivity index (χ1n) is 10.7. The van der Waals surface area contributed by atoms with Crippen LogP contribution in [0.1, 0.15) is 44.2 Å². The maximum absolute atomic E-state index is 14.2. The van der Waals surface area contributed by atoms with E-state index in [-0.39, 0.29) is 31.6 Å². The van der Waals surface area contributed by atoms with Gasteiger partial charge in [0.25, 0.3) is 0 Å². The molecule has 1 heterocycles. The lowest BCUT2D eigenvalue weighted by molar-refractivity contribution is -0.140. The van der Waals surface area contributed by atoms with E-state index < -0.39 is 11.9 Å². The molecule has 0 aliphatic carbocycles. The summed E-state index contributed by atoms with van der Waals surface area (Å²) in [6, 6.07) is 11.2. The van der Waals surface area contributed by atoms with E-state index in [1.54, 1.807) is 25.1 Å². The minimum absolute atomic E-state index is 0.0367. The van der Waals surface area contributed by atoms with E-state index in [1.165, 1.54) is 11.0 Å². The van der Waals surface area contributed by atoms with E-state index in [0.29, 0.717) is 30.0 Å². The molecular formula is C24H29FN2O4. The second-order valence-electron chi connectivity index (χ2n) is 7.62. The van der Waals surface area contributed by atoms with Gasteiger partial charge in [-0.2, -0.15) is 0 Å². The third-order valence-electron chi connectivity index (χ3n) is 5.36. The van der Waals surface area contributed by atoms with E-state index in [1.807, 2.05) is 25.1 Å². The summed E-state index contributed by atoms with van der Waals surface area (Å²) in [7, 11) is 0. The maximum atomic E-state index is 14.2. The minimum Gasteiger partial charge on any atom is -0.454 e. The Hall–Kier alpha value is -3.09. The van der Waals surface area contributed by atoms with Gasteiger partial charge in [0.15, 0.2) is 11.5 Å². The predicted molar refractivity (Wildman–Crippen MR) is 115 cm³/mol. The van der Waals surface area contributed by atoms with Gasteiger partial charge < -0.3 is 19.7 Å². The molecule has 0 fully saturated rings. The summed E-state index contributed by atoms with van der Waals surface area (Å²) >= 11 is 0. The van der Waals surface area contributed by atoms with Crippen molar-refractivity contribution in [2.75, 3.05) is 13.3 Å². The molecule has 31 heavy (non-hydrogen) atoms. The fraction of sp³-hybridized carbons (Fsp3) is 0.417. The number of unbranched alkanes of at least 4 members (excludes halogenated alkanes) is 1. The van der Waals surface area contributed by atoms with Crippen molar-refractivity contribution in [3.05, 3.63) is 59.4 Å². The van der Waals surface area contributed by atoms with Crippen LogP contribution in [-0.2, 0) is 22.6 Å². The summed E-state index contributed by atoms with van der Waals surface area (Å²) in [6.07, 6.45) is 2.50. The van der Waals surface area contributed by atoms with Crippen LogP contribution >= 0.6 is 0 Å². The van der Waals surface area contributed by atoms with Gasteiger partial charge in [0.1, 0.15) is 11.9 Å². The average molecular weight is 429 g/mol. The predicted octanol–water partition coefficient (Wildman–Crippen LogP) is 3.82. The second-order valence-corrected chi connectivity index (χ2v) is 7.62. The third kappa shape index (κ3) is 5.96. The second kappa shape index (κ2) is 10.8. The molecule has 0 aromatic heterocycles. The molecule has 7 heteroatoms. The number of rotatable bonds is 10. The van der Waals surface area contributed by atoms with Gasteiger partial charge in [-0.25, -0.2) is 4.39 Å². The van der Waals surface area contributed by atoms with Crippen LogP contribution in [-0.4, -0.2) is 36.1 Å². The number of nitrogens with zero attached hydrogens (tertiary/aromatic N) is 1. The average Bonchev–Trinajstić information content (AvgIpc) is 3.24. The van der Waals surface area contributed by atoms with Crippen molar-refractivity contribution in [2.45, 2.75) is 52.1 Å². The maximum Gasteiger partial charge on any atom is 0.242 e. The molecule has 0 bridgehead atoms. The van der Waals surface area contributed by atoms with Gasteiger partial charge in [0, 0.05) is 25.1 Å². The number of carbonyl (C=O) groups is 2. The quantitative estimate of drug-likeness (QED) is 0.584. The molecule has 1 N–H and O–H groups in total. The normalized spacial score (nSPS) is 13.0. The first-order valence-corrected chi connectivity index (χ1v) is 10.7. The molecule has 0 spiro atoms. The Labute approximate surface area is 182 Å². The highest BCUT2D eigenvalue weighted by molar-refractivity contribution is 5.87. The number of aryl methyl sites for hydroxylation is 1. The molecule has 1 aliphatic rings. The van der Waals surface area contributed by atoms with Gasteiger partial charge in [0.05, 0.1) is 0 Å². The van der Waals surface area contributed by atoms with Crippen molar-refractivity contribution in [1.29, 1.82) is 0 Å². The van der Waals surface area contributed by atoms with E-state index in [0.717, 1.165) is 18.4 Å².